The van der Waals surface area contributed by atoms with Crippen LogP contribution in [0.15, 0.2) is 24.4 Å². The van der Waals surface area contributed by atoms with E-state index < -0.39 is 0 Å². The fourth-order valence-corrected chi connectivity index (χ4v) is 1.10. The molecule has 60 valence electrons. The van der Waals surface area contributed by atoms with Gasteiger partial charge in [0, 0.05) is 11.8 Å². The minimum Gasteiger partial charge on any atom is -0.506 e. The zero-order chi connectivity index (χ0) is 8.55. The van der Waals surface area contributed by atoms with Gasteiger partial charge in [-0.25, -0.2) is 0 Å². The summed E-state index contributed by atoms with van der Waals surface area (Å²) in [5, 5.41) is 9.12. The van der Waals surface area contributed by atoms with Crippen LogP contribution in [0.25, 0.3) is 11.0 Å². The lowest BCUT2D eigenvalue weighted by molar-refractivity contribution is 0.473. The van der Waals surface area contributed by atoms with Crippen molar-refractivity contribution in [3.63, 3.8) is 0 Å². The Morgan fingerprint density at radius 2 is 2.08 bits per heavy atom. The number of hydrogen-bond donors (Lipinski definition) is 1. The SMILES string of the molecule is Cc1ccc2ncc(O)cc2n1. The summed E-state index contributed by atoms with van der Waals surface area (Å²) < 4.78 is 0. The molecule has 0 unspecified atom stereocenters. The number of pyridine rings is 2. The Labute approximate surface area is 69.7 Å². The Balaban J connectivity index is 2.80. The van der Waals surface area contributed by atoms with Gasteiger partial charge < -0.3 is 5.11 Å². The van der Waals surface area contributed by atoms with Gasteiger partial charge in [-0.1, -0.05) is 0 Å². The summed E-state index contributed by atoms with van der Waals surface area (Å²) in [7, 11) is 0. The van der Waals surface area contributed by atoms with E-state index in [1.165, 1.54) is 6.20 Å². The summed E-state index contributed by atoms with van der Waals surface area (Å²) >= 11 is 0. The second kappa shape index (κ2) is 2.44. The first-order valence-corrected chi connectivity index (χ1v) is 3.68. The van der Waals surface area contributed by atoms with Gasteiger partial charge >= 0.3 is 0 Å². The topological polar surface area (TPSA) is 46.0 Å². The Morgan fingerprint density at radius 1 is 1.25 bits per heavy atom. The van der Waals surface area contributed by atoms with Crippen LogP contribution in [0.2, 0.25) is 0 Å². The molecule has 2 aromatic rings. The first-order chi connectivity index (χ1) is 5.75. The Kier molecular flexibility index (Phi) is 1.43. The van der Waals surface area contributed by atoms with Gasteiger partial charge in [0.15, 0.2) is 0 Å². The highest BCUT2D eigenvalue weighted by atomic mass is 16.3. The van der Waals surface area contributed by atoms with Crippen LogP contribution in [-0.2, 0) is 0 Å². The molecule has 0 amide bonds. The van der Waals surface area contributed by atoms with Crippen molar-refractivity contribution >= 4 is 11.0 Å². The van der Waals surface area contributed by atoms with Crippen molar-refractivity contribution in [2.45, 2.75) is 6.92 Å². The second-order valence-electron chi connectivity index (χ2n) is 2.68. The molecule has 0 saturated carbocycles. The summed E-state index contributed by atoms with van der Waals surface area (Å²) in [6, 6.07) is 5.39. The van der Waals surface area contributed by atoms with Crippen LogP contribution in [0.1, 0.15) is 5.69 Å². The predicted molar refractivity (Wildman–Crippen MR) is 45.9 cm³/mol. The summed E-state index contributed by atoms with van der Waals surface area (Å²) in [6.45, 7) is 1.91. The minimum atomic E-state index is 0.153. The monoisotopic (exact) mass is 160 g/mol. The van der Waals surface area contributed by atoms with E-state index in [-0.39, 0.29) is 5.75 Å². The van der Waals surface area contributed by atoms with Gasteiger partial charge in [0.05, 0.1) is 17.2 Å². The standard InChI is InChI=1S/C9H8N2O/c1-6-2-3-8-9(11-6)4-7(12)5-10-8/h2-5,12H,1H3. The lowest BCUT2D eigenvalue weighted by atomic mass is 10.3. The number of aromatic nitrogens is 2. The number of aromatic hydroxyl groups is 1. The number of nitrogens with zero attached hydrogens (tertiary/aromatic N) is 2. The predicted octanol–water partition coefficient (Wildman–Crippen LogP) is 1.64. The average Bonchev–Trinajstić information content (AvgIpc) is 2.03. The molecule has 2 rings (SSSR count). The number of hydrogen-bond acceptors (Lipinski definition) is 3. The van der Waals surface area contributed by atoms with Gasteiger partial charge in [0.2, 0.25) is 0 Å². The van der Waals surface area contributed by atoms with Crippen molar-refractivity contribution in [3.8, 4) is 5.75 Å². The Morgan fingerprint density at radius 3 is 2.92 bits per heavy atom. The first kappa shape index (κ1) is 7.03. The summed E-state index contributed by atoms with van der Waals surface area (Å²) in [6.07, 6.45) is 1.42. The average molecular weight is 160 g/mol. The molecule has 2 aromatic heterocycles. The van der Waals surface area contributed by atoms with E-state index in [0.29, 0.717) is 0 Å². The van der Waals surface area contributed by atoms with Crippen molar-refractivity contribution in [3.05, 3.63) is 30.1 Å². The Hall–Kier alpha value is -1.64. The quantitative estimate of drug-likeness (QED) is 0.637. The van der Waals surface area contributed by atoms with Crippen LogP contribution >= 0.6 is 0 Å². The van der Waals surface area contributed by atoms with E-state index in [1.807, 2.05) is 19.1 Å². The smallest absolute Gasteiger partial charge is 0.136 e. The van der Waals surface area contributed by atoms with Crippen LogP contribution in [0, 0.1) is 6.92 Å². The van der Waals surface area contributed by atoms with Crippen LogP contribution < -0.4 is 0 Å². The van der Waals surface area contributed by atoms with Gasteiger partial charge in [0.1, 0.15) is 5.75 Å². The summed E-state index contributed by atoms with van der Waals surface area (Å²) in [4.78, 5) is 8.22. The summed E-state index contributed by atoms with van der Waals surface area (Å²) in [5.41, 5.74) is 2.46. The highest BCUT2D eigenvalue weighted by Gasteiger charge is 1.96. The van der Waals surface area contributed by atoms with Gasteiger partial charge in [-0.05, 0) is 19.1 Å². The molecule has 0 bridgehead atoms. The summed E-state index contributed by atoms with van der Waals surface area (Å²) in [5.74, 6) is 0.153. The molecule has 2 heterocycles. The fourth-order valence-electron chi connectivity index (χ4n) is 1.10. The maximum Gasteiger partial charge on any atom is 0.136 e. The number of aryl methyl sites for hydroxylation is 1. The lowest BCUT2D eigenvalue weighted by Crippen LogP contribution is -1.84. The van der Waals surface area contributed by atoms with Crippen molar-refractivity contribution < 1.29 is 5.11 Å². The number of rotatable bonds is 0. The van der Waals surface area contributed by atoms with Gasteiger partial charge in [-0.3, -0.25) is 9.97 Å². The first-order valence-electron chi connectivity index (χ1n) is 3.68. The molecule has 0 fully saturated rings. The third-order valence-electron chi connectivity index (χ3n) is 1.66. The largest absolute Gasteiger partial charge is 0.506 e. The highest BCUT2D eigenvalue weighted by Crippen LogP contribution is 2.14. The lowest BCUT2D eigenvalue weighted by Gasteiger charge is -1.97. The second-order valence-corrected chi connectivity index (χ2v) is 2.68. The molecule has 0 aliphatic heterocycles. The van der Waals surface area contributed by atoms with E-state index >= 15 is 0 Å². The van der Waals surface area contributed by atoms with Gasteiger partial charge in [0.25, 0.3) is 0 Å². The fraction of sp³-hybridized carbons (Fsp3) is 0.111. The van der Waals surface area contributed by atoms with Gasteiger partial charge in [-0.15, -0.1) is 0 Å². The molecule has 3 nitrogen and oxygen atoms in total. The molecule has 12 heavy (non-hydrogen) atoms. The van der Waals surface area contributed by atoms with Crippen molar-refractivity contribution in [1.29, 1.82) is 0 Å². The maximum absolute atomic E-state index is 9.12. The molecular formula is C9H8N2O. The van der Waals surface area contributed by atoms with E-state index in [4.69, 9.17) is 5.11 Å². The van der Waals surface area contributed by atoms with E-state index in [9.17, 15) is 0 Å². The third-order valence-corrected chi connectivity index (χ3v) is 1.66. The molecule has 0 spiro atoms. The zero-order valence-electron chi connectivity index (χ0n) is 6.65. The minimum absolute atomic E-state index is 0.153. The Bertz CT molecular complexity index is 389. The van der Waals surface area contributed by atoms with Crippen molar-refractivity contribution in [2.24, 2.45) is 0 Å². The number of fused-ring (bicyclic) bond motifs is 1. The maximum atomic E-state index is 9.12. The molecular weight excluding hydrogens is 152 g/mol. The van der Waals surface area contributed by atoms with E-state index in [1.54, 1.807) is 6.07 Å². The molecule has 0 aromatic carbocycles. The van der Waals surface area contributed by atoms with Crippen LogP contribution in [0.4, 0.5) is 0 Å². The molecule has 3 heteroatoms. The normalized spacial score (nSPS) is 10.4. The van der Waals surface area contributed by atoms with Crippen LogP contribution in [0.5, 0.6) is 5.75 Å². The van der Waals surface area contributed by atoms with Crippen LogP contribution in [0.3, 0.4) is 0 Å². The molecule has 0 radical (unpaired) electrons. The molecule has 0 atom stereocenters. The molecule has 1 N–H and O–H groups in total. The molecule has 0 aliphatic rings. The third kappa shape index (κ3) is 1.09. The van der Waals surface area contributed by atoms with E-state index in [0.717, 1.165) is 16.7 Å². The molecule has 0 saturated heterocycles. The van der Waals surface area contributed by atoms with Crippen molar-refractivity contribution in [1.82, 2.24) is 9.97 Å². The molecule has 0 aliphatic carbocycles. The van der Waals surface area contributed by atoms with E-state index in [2.05, 4.69) is 9.97 Å². The highest BCUT2D eigenvalue weighted by molar-refractivity contribution is 5.75. The van der Waals surface area contributed by atoms with Crippen molar-refractivity contribution in [2.75, 3.05) is 0 Å². The zero-order valence-corrected chi connectivity index (χ0v) is 6.65. The van der Waals surface area contributed by atoms with Crippen LogP contribution in [-0.4, -0.2) is 15.1 Å². The van der Waals surface area contributed by atoms with Gasteiger partial charge in [-0.2, -0.15) is 0 Å².